The standard InChI is InChI=1S/C26H29NO5/c1-15(29)32-26(3)12-20-23-17(11-19-21(30)9-16(14-28)10-22(19)31-23)6-7-25(20,2)24(26)18-5-4-8-27-13-18/h4-8,11,13,16,20,23-24,28H,9-10,12,14H2,1-3H3/t16?,20-,23+,24+,25-,26?/m0/s1. The lowest BCUT2D eigenvalue weighted by molar-refractivity contribution is -0.157. The third kappa shape index (κ3) is 3.15. The summed E-state index contributed by atoms with van der Waals surface area (Å²) in [6.07, 6.45) is 11.2. The van der Waals surface area contributed by atoms with E-state index in [-0.39, 0.29) is 47.6 Å². The van der Waals surface area contributed by atoms with Crippen LogP contribution >= 0.6 is 0 Å². The van der Waals surface area contributed by atoms with Gasteiger partial charge in [0.05, 0.1) is 5.57 Å². The number of esters is 1. The van der Waals surface area contributed by atoms with Crippen LogP contribution in [0.25, 0.3) is 0 Å². The molecule has 168 valence electrons. The predicted molar refractivity (Wildman–Crippen MR) is 117 cm³/mol. The second-order valence-electron chi connectivity index (χ2n) is 10.0. The number of aliphatic hydroxyl groups excluding tert-OH is 1. The van der Waals surface area contributed by atoms with Gasteiger partial charge in [0.2, 0.25) is 0 Å². The molecule has 1 fully saturated rings. The first-order valence-electron chi connectivity index (χ1n) is 11.3. The van der Waals surface area contributed by atoms with E-state index in [1.54, 1.807) is 6.20 Å². The quantitative estimate of drug-likeness (QED) is 0.730. The molecule has 2 heterocycles. The fourth-order valence-electron chi connectivity index (χ4n) is 6.56. The van der Waals surface area contributed by atoms with Gasteiger partial charge in [-0.25, -0.2) is 0 Å². The van der Waals surface area contributed by atoms with Crippen molar-refractivity contribution in [3.8, 4) is 0 Å². The lowest BCUT2D eigenvalue weighted by atomic mass is 9.64. The maximum Gasteiger partial charge on any atom is 0.303 e. The van der Waals surface area contributed by atoms with Gasteiger partial charge in [0, 0.05) is 56.0 Å². The Hall–Kier alpha value is -2.73. The summed E-state index contributed by atoms with van der Waals surface area (Å²) in [5, 5.41) is 9.62. The zero-order valence-electron chi connectivity index (χ0n) is 18.7. The van der Waals surface area contributed by atoms with Crippen molar-refractivity contribution in [3.63, 3.8) is 0 Å². The lowest BCUT2D eigenvalue weighted by Gasteiger charge is -2.45. The van der Waals surface area contributed by atoms with Crippen LogP contribution in [0.5, 0.6) is 0 Å². The van der Waals surface area contributed by atoms with E-state index in [0.717, 1.165) is 11.1 Å². The number of pyridine rings is 1. The minimum absolute atomic E-state index is 0.0260. The van der Waals surface area contributed by atoms with E-state index in [9.17, 15) is 14.7 Å². The summed E-state index contributed by atoms with van der Waals surface area (Å²) >= 11 is 0. The van der Waals surface area contributed by atoms with Gasteiger partial charge in [-0.15, -0.1) is 0 Å². The molecule has 1 aromatic heterocycles. The number of Topliss-reactive ketones (excluding diaryl/α,β-unsaturated/α-hetero) is 1. The minimum Gasteiger partial charge on any atom is -0.489 e. The second kappa shape index (κ2) is 7.41. The average molecular weight is 436 g/mol. The largest absolute Gasteiger partial charge is 0.489 e. The number of carbonyl (C=O) groups excluding carboxylic acids is 2. The number of rotatable bonds is 3. The van der Waals surface area contributed by atoms with E-state index in [2.05, 4.69) is 24.1 Å². The van der Waals surface area contributed by atoms with Gasteiger partial charge in [0.1, 0.15) is 17.5 Å². The molecule has 0 amide bonds. The Morgan fingerprint density at radius 1 is 1.34 bits per heavy atom. The van der Waals surface area contributed by atoms with Crippen molar-refractivity contribution in [1.82, 2.24) is 4.98 Å². The zero-order valence-corrected chi connectivity index (χ0v) is 18.7. The molecule has 4 aliphatic rings. The molecule has 5 rings (SSSR count). The number of aromatic nitrogens is 1. The fraction of sp³-hybridized carbons (Fsp3) is 0.500. The molecule has 6 atom stereocenters. The van der Waals surface area contributed by atoms with E-state index >= 15 is 0 Å². The van der Waals surface area contributed by atoms with Crippen LogP contribution in [0, 0.1) is 17.3 Å². The number of ether oxygens (including phenoxy) is 2. The van der Waals surface area contributed by atoms with Gasteiger partial charge in [-0.05, 0) is 42.5 Å². The Labute approximate surface area is 188 Å². The Morgan fingerprint density at radius 2 is 2.16 bits per heavy atom. The molecular weight excluding hydrogens is 406 g/mol. The van der Waals surface area contributed by atoms with Crippen LogP contribution in [0.15, 0.2) is 59.7 Å². The summed E-state index contributed by atoms with van der Waals surface area (Å²) in [6.45, 7) is 5.63. The van der Waals surface area contributed by atoms with Gasteiger partial charge < -0.3 is 14.6 Å². The highest BCUT2D eigenvalue weighted by molar-refractivity contribution is 6.00. The summed E-state index contributed by atoms with van der Waals surface area (Å²) in [6, 6.07) is 3.95. The van der Waals surface area contributed by atoms with Crippen molar-refractivity contribution in [3.05, 3.63) is 65.2 Å². The van der Waals surface area contributed by atoms with Crippen LogP contribution < -0.4 is 0 Å². The molecule has 6 heteroatoms. The predicted octanol–water partition coefficient (Wildman–Crippen LogP) is 3.63. The van der Waals surface area contributed by atoms with Gasteiger partial charge in [-0.3, -0.25) is 14.6 Å². The van der Waals surface area contributed by atoms with Crippen LogP contribution in [0.3, 0.4) is 0 Å². The Kier molecular flexibility index (Phi) is 4.89. The molecule has 0 bridgehead atoms. The first kappa shape index (κ1) is 21.1. The number of carbonyl (C=O) groups is 2. The third-order valence-electron chi connectivity index (χ3n) is 7.77. The lowest BCUT2D eigenvalue weighted by Crippen LogP contribution is -2.42. The van der Waals surface area contributed by atoms with Crippen molar-refractivity contribution in [2.75, 3.05) is 6.61 Å². The van der Waals surface area contributed by atoms with Crippen LogP contribution in [0.1, 0.15) is 51.5 Å². The smallest absolute Gasteiger partial charge is 0.303 e. The molecule has 0 aromatic carbocycles. The van der Waals surface area contributed by atoms with Crippen molar-refractivity contribution in [2.24, 2.45) is 17.3 Å². The molecule has 0 spiro atoms. The highest BCUT2D eigenvalue weighted by Crippen LogP contribution is 2.64. The van der Waals surface area contributed by atoms with E-state index < -0.39 is 5.60 Å². The topological polar surface area (TPSA) is 85.7 Å². The maximum atomic E-state index is 12.6. The molecule has 0 saturated heterocycles. The van der Waals surface area contributed by atoms with E-state index in [1.807, 2.05) is 31.3 Å². The highest BCUT2D eigenvalue weighted by atomic mass is 16.6. The summed E-state index contributed by atoms with van der Waals surface area (Å²) in [5.74, 6) is 0.272. The number of hydrogen-bond donors (Lipinski definition) is 1. The molecule has 0 radical (unpaired) electrons. The number of aliphatic hydroxyl groups is 1. The number of fused-ring (bicyclic) bond motifs is 3. The molecular formula is C26H29NO5. The SMILES string of the molecule is CC(=O)OC1(C)C[C@H]2[C@@H]3OC4=C(C=C3C=C[C@]2(C)[C@H]1c1cccnc1)C(=O)CC(CO)C4. The molecule has 1 saturated carbocycles. The van der Waals surface area contributed by atoms with E-state index in [0.29, 0.717) is 30.6 Å². The minimum atomic E-state index is -0.720. The summed E-state index contributed by atoms with van der Waals surface area (Å²) < 4.78 is 12.5. The zero-order chi connectivity index (χ0) is 22.7. The van der Waals surface area contributed by atoms with Crippen molar-refractivity contribution in [2.45, 2.75) is 57.7 Å². The fourth-order valence-corrected chi connectivity index (χ4v) is 6.56. The van der Waals surface area contributed by atoms with Crippen LogP contribution in [-0.4, -0.2) is 40.2 Å². The molecule has 1 N–H and O–H groups in total. The van der Waals surface area contributed by atoms with Crippen molar-refractivity contribution < 1.29 is 24.2 Å². The third-order valence-corrected chi connectivity index (χ3v) is 7.77. The average Bonchev–Trinajstić information content (AvgIpc) is 2.99. The molecule has 1 aliphatic heterocycles. The monoisotopic (exact) mass is 435 g/mol. The van der Waals surface area contributed by atoms with Gasteiger partial charge >= 0.3 is 5.97 Å². The van der Waals surface area contributed by atoms with Gasteiger partial charge in [-0.1, -0.05) is 25.1 Å². The second-order valence-corrected chi connectivity index (χ2v) is 10.0. The summed E-state index contributed by atoms with van der Waals surface area (Å²) in [7, 11) is 0. The molecule has 2 unspecified atom stereocenters. The number of ketones is 1. The number of hydrogen-bond acceptors (Lipinski definition) is 6. The Morgan fingerprint density at radius 3 is 2.84 bits per heavy atom. The first-order valence-corrected chi connectivity index (χ1v) is 11.3. The van der Waals surface area contributed by atoms with E-state index in [1.165, 1.54) is 6.92 Å². The van der Waals surface area contributed by atoms with Crippen LogP contribution in [-0.2, 0) is 19.1 Å². The molecule has 1 aromatic rings. The summed E-state index contributed by atoms with van der Waals surface area (Å²) in [5.41, 5.74) is 1.60. The molecule has 6 nitrogen and oxygen atoms in total. The van der Waals surface area contributed by atoms with Gasteiger partial charge in [-0.2, -0.15) is 0 Å². The van der Waals surface area contributed by atoms with Crippen molar-refractivity contribution >= 4 is 11.8 Å². The van der Waals surface area contributed by atoms with Crippen molar-refractivity contribution in [1.29, 1.82) is 0 Å². The highest BCUT2D eigenvalue weighted by Gasteiger charge is 2.63. The van der Waals surface area contributed by atoms with Crippen LogP contribution in [0.2, 0.25) is 0 Å². The van der Waals surface area contributed by atoms with E-state index in [4.69, 9.17) is 9.47 Å². The Balaban J connectivity index is 1.58. The number of nitrogens with zero attached hydrogens (tertiary/aromatic N) is 1. The van der Waals surface area contributed by atoms with Gasteiger partial charge in [0.25, 0.3) is 0 Å². The van der Waals surface area contributed by atoms with Crippen LogP contribution in [0.4, 0.5) is 0 Å². The maximum absolute atomic E-state index is 12.6. The summed E-state index contributed by atoms with van der Waals surface area (Å²) in [4.78, 5) is 29.1. The van der Waals surface area contributed by atoms with Gasteiger partial charge in [0.15, 0.2) is 5.78 Å². The Bertz CT molecular complexity index is 1060. The first-order chi connectivity index (χ1) is 15.2. The molecule has 3 aliphatic carbocycles. The normalized spacial score (nSPS) is 37.8. The number of allylic oxidation sites excluding steroid dienone is 4. The molecule has 32 heavy (non-hydrogen) atoms.